The van der Waals surface area contributed by atoms with Gasteiger partial charge in [0.15, 0.2) is 0 Å². The van der Waals surface area contributed by atoms with E-state index >= 15 is 0 Å². The molecule has 0 fully saturated rings. The molecule has 1 aromatic carbocycles. The van der Waals surface area contributed by atoms with Crippen molar-refractivity contribution in [3.8, 4) is 5.88 Å². The fraction of sp³-hybridized carbons (Fsp3) is 0.200. The Kier molecular flexibility index (Phi) is 4.13. The maximum Gasteiger partial charge on any atom is 0.259 e. The highest BCUT2D eigenvalue weighted by molar-refractivity contribution is 5.96. The Labute approximate surface area is 112 Å². The summed E-state index contributed by atoms with van der Waals surface area (Å²) in [6.45, 7) is 0.553. The minimum absolute atomic E-state index is 0.103. The molecule has 98 valence electrons. The summed E-state index contributed by atoms with van der Waals surface area (Å²) in [6, 6.07) is 13.3. The Hall–Kier alpha value is -2.36. The van der Waals surface area contributed by atoms with Crippen LogP contribution in [0.25, 0.3) is 0 Å². The minimum Gasteiger partial charge on any atom is -0.480 e. The normalized spacial score (nSPS) is 10.0. The summed E-state index contributed by atoms with van der Waals surface area (Å²) in [5, 5.41) is 0. The zero-order valence-corrected chi connectivity index (χ0v) is 11.0. The standard InChI is InChI=1S/C15H16N2O2/c1-17(11-12-7-4-3-5-8-12)15(18)13-9-6-10-16-14(13)19-2/h3-10H,11H2,1-2H3. The Balaban J connectivity index is 2.15. The van der Waals surface area contributed by atoms with Gasteiger partial charge in [0.25, 0.3) is 5.91 Å². The van der Waals surface area contributed by atoms with E-state index in [9.17, 15) is 4.79 Å². The van der Waals surface area contributed by atoms with Crippen LogP contribution in [0.3, 0.4) is 0 Å². The van der Waals surface area contributed by atoms with Crippen molar-refractivity contribution in [2.24, 2.45) is 0 Å². The van der Waals surface area contributed by atoms with Crippen LogP contribution in [-0.4, -0.2) is 29.9 Å². The molecule has 0 saturated heterocycles. The Bertz CT molecular complexity index is 555. The highest BCUT2D eigenvalue weighted by Crippen LogP contribution is 2.16. The molecule has 0 atom stereocenters. The first-order valence-electron chi connectivity index (χ1n) is 6.00. The van der Waals surface area contributed by atoms with E-state index in [2.05, 4.69) is 4.98 Å². The Morgan fingerprint density at radius 3 is 2.63 bits per heavy atom. The van der Waals surface area contributed by atoms with Crippen molar-refractivity contribution in [1.82, 2.24) is 9.88 Å². The molecular formula is C15H16N2O2. The Morgan fingerprint density at radius 1 is 1.21 bits per heavy atom. The number of nitrogens with zero attached hydrogens (tertiary/aromatic N) is 2. The largest absolute Gasteiger partial charge is 0.480 e. The first-order chi connectivity index (χ1) is 9.22. The smallest absolute Gasteiger partial charge is 0.259 e. The molecule has 4 heteroatoms. The molecule has 0 spiro atoms. The number of hydrogen-bond donors (Lipinski definition) is 0. The molecule has 0 radical (unpaired) electrons. The number of aromatic nitrogens is 1. The predicted molar refractivity (Wildman–Crippen MR) is 73.0 cm³/mol. The summed E-state index contributed by atoms with van der Waals surface area (Å²) < 4.78 is 5.11. The van der Waals surface area contributed by atoms with Crippen molar-refractivity contribution in [3.05, 3.63) is 59.8 Å². The number of amides is 1. The average molecular weight is 256 g/mol. The highest BCUT2D eigenvalue weighted by atomic mass is 16.5. The van der Waals surface area contributed by atoms with Crippen LogP contribution in [-0.2, 0) is 6.54 Å². The van der Waals surface area contributed by atoms with Crippen molar-refractivity contribution < 1.29 is 9.53 Å². The van der Waals surface area contributed by atoms with Crippen molar-refractivity contribution in [2.75, 3.05) is 14.2 Å². The van der Waals surface area contributed by atoms with E-state index < -0.39 is 0 Å². The van der Waals surface area contributed by atoms with Gasteiger partial charge in [-0.25, -0.2) is 4.98 Å². The zero-order chi connectivity index (χ0) is 13.7. The number of rotatable bonds is 4. The summed E-state index contributed by atoms with van der Waals surface area (Å²) in [5.74, 6) is 0.251. The SMILES string of the molecule is COc1ncccc1C(=O)N(C)Cc1ccccc1. The van der Waals surface area contributed by atoms with Crippen LogP contribution in [0, 0.1) is 0 Å². The highest BCUT2D eigenvalue weighted by Gasteiger charge is 2.17. The number of carbonyl (C=O) groups excluding carboxylic acids is 1. The van der Waals surface area contributed by atoms with Gasteiger partial charge in [-0.05, 0) is 17.7 Å². The molecule has 2 aromatic rings. The fourth-order valence-electron chi connectivity index (χ4n) is 1.85. The van der Waals surface area contributed by atoms with Crippen LogP contribution in [0.5, 0.6) is 5.88 Å². The van der Waals surface area contributed by atoms with Crippen LogP contribution in [0.4, 0.5) is 0 Å². The molecule has 1 heterocycles. The molecular weight excluding hydrogens is 240 g/mol. The molecule has 0 bridgehead atoms. The number of carbonyl (C=O) groups is 1. The van der Waals surface area contributed by atoms with Crippen molar-refractivity contribution >= 4 is 5.91 Å². The fourth-order valence-corrected chi connectivity index (χ4v) is 1.85. The van der Waals surface area contributed by atoms with Gasteiger partial charge in [0.05, 0.1) is 7.11 Å². The molecule has 4 nitrogen and oxygen atoms in total. The molecule has 1 amide bonds. The Morgan fingerprint density at radius 2 is 1.95 bits per heavy atom. The monoisotopic (exact) mass is 256 g/mol. The van der Waals surface area contributed by atoms with Crippen molar-refractivity contribution in [1.29, 1.82) is 0 Å². The number of methoxy groups -OCH3 is 1. The van der Waals surface area contributed by atoms with Crippen LogP contribution in [0.1, 0.15) is 15.9 Å². The number of pyridine rings is 1. The summed E-state index contributed by atoms with van der Waals surface area (Å²) in [7, 11) is 3.28. The third kappa shape index (κ3) is 3.10. The second-order valence-electron chi connectivity index (χ2n) is 4.21. The molecule has 0 N–H and O–H groups in total. The molecule has 0 aliphatic rings. The van der Waals surface area contributed by atoms with E-state index in [-0.39, 0.29) is 5.91 Å². The van der Waals surface area contributed by atoms with Gasteiger partial charge in [-0.1, -0.05) is 30.3 Å². The quantitative estimate of drug-likeness (QED) is 0.843. The predicted octanol–water partition coefficient (Wildman–Crippen LogP) is 2.36. The topological polar surface area (TPSA) is 42.4 Å². The lowest BCUT2D eigenvalue weighted by Gasteiger charge is -2.18. The molecule has 0 aliphatic heterocycles. The summed E-state index contributed by atoms with van der Waals surface area (Å²) in [6.07, 6.45) is 1.60. The van der Waals surface area contributed by atoms with E-state index in [4.69, 9.17) is 4.74 Å². The summed E-state index contributed by atoms with van der Waals surface area (Å²) in [4.78, 5) is 18.0. The number of benzene rings is 1. The number of hydrogen-bond acceptors (Lipinski definition) is 3. The van der Waals surface area contributed by atoms with Gasteiger partial charge in [-0.15, -0.1) is 0 Å². The number of ether oxygens (including phenoxy) is 1. The van der Waals surface area contributed by atoms with Crippen molar-refractivity contribution in [2.45, 2.75) is 6.54 Å². The van der Waals surface area contributed by atoms with Crippen LogP contribution in [0.15, 0.2) is 48.7 Å². The third-order valence-electron chi connectivity index (χ3n) is 2.80. The first-order valence-corrected chi connectivity index (χ1v) is 6.00. The maximum absolute atomic E-state index is 12.3. The van der Waals surface area contributed by atoms with Gasteiger partial charge >= 0.3 is 0 Å². The molecule has 1 aromatic heterocycles. The zero-order valence-electron chi connectivity index (χ0n) is 11.0. The van der Waals surface area contributed by atoms with Crippen LogP contribution in [0.2, 0.25) is 0 Å². The second-order valence-corrected chi connectivity index (χ2v) is 4.21. The molecule has 0 saturated carbocycles. The maximum atomic E-state index is 12.3. The van der Waals surface area contributed by atoms with Crippen LogP contribution < -0.4 is 4.74 Å². The van der Waals surface area contributed by atoms with Gasteiger partial charge in [0, 0.05) is 19.8 Å². The average Bonchev–Trinajstić information content (AvgIpc) is 2.47. The lowest BCUT2D eigenvalue weighted by molar-refractivity contribution is 0.0781. The van der Waals surface area contributed by atoms with Gasteiger partial charge in [0.2, 0.25) is 5.88 Å². The molecule has 2 rings (SSSR count). The van der Waals surface area contributed by atoms with Crippen LogP contribution >= 0.6 is 0 Å². The van der Waals surface area contributed by atoms with E-state index in [0.29, 0.717) is 18.0 Å². The van der Waals surface area contributed by atoms with E-state index in [1.807, 2.05) is 30.3 Å². The lowest BCUT2D eigenvalue weighted by Crippen LogP contribution is -2.26. The molecule has 19 heavy (non-hydrogen) atoms. The lowest BCUT2D eigenvalue weighted by atomic mass is 10.2. The molecule has 0 aliphatic carbocycles. The summed E-state index contributed by atoms with van der Waals surface area (Å²) >= 11 is 0. The molecule has 0 unspecified atom stereocenters. The van der Waals surface area contributed by atoms with Gasteiger partial charge in [-0.3, -0.25) is 4.79 Å². The third-order valence-corrected chi connectivity index (χ3v) is 2.80. The van der Waals surface area contributed by atoms with Gasteiger partial charge < -0.3 is 9.64 Å². The van der Waals surface area contributed by atoms with E-state index in [1.165, 1.54) is 7.11 Å². The second kappa shape index (κ2) is 6.00. The minimum atomic E-state index is -0.103. The van der Waals surface area contributed by atoms with Gasteiger partial charge in [0.1, 0.15) is 5.56 Å². The van der Waals surface area contributed by atoms with E-state index in [0.717, 1.165) is 5.56 Å². The van der Waals surface area contributed by atoms with E-state index in [1.54, 1.807) is 30.3 Å². The first kappa shape index (κ1) is 13.1. The summed E-state index contributed by atoms with van der Waals surface area (Å²) in [5.41, 5.74) is 1.56. The van der Waals surface area contributed by atoms with Gasteiger partial charge in [-0.2, -0.15) is 0 Å². The van der Waals surface area contributed by atoms with Crippen molar-refractivity contribution in [3.63, 3.8) is 0 Å².